The number of aliphatic carboxylic acids is 1. The average molecular weight is 232 g/mol. The predicted octanol–water partition coefficient (Wildman–Crippen LogP) is 1.06. The Morgan fingerprint density at radius 2 is 2.27 bits per heavy atom. The lowest BCUT2D eigenvalue weighted by atomic mass is 10.1. The van der Waals surface area contributed by atoms with E-state index in [1.807, 2.05) is 0 Å². The van der Waals surface area contributed by atoms with Crippen LogP contribution in [0.25, 0.3) is 0 Å². The highest BCUT2D eigenvalue weighted by molar-refractivity contribution is 6.28. The summed E-state index contributed by atoms with van der Waals surface area (Å²) in [6, 6.07) is 2.09. The van der Waals surface area contributed by atoms with Gasteiger partial charge in [0.15, 0.2) is 5.22 Å². The van der Waals surface area contributed by atoms with E-state index in [0.717, 1.165) is 0 Å². The summed E-state index contributed by atoms with van der Waals surface area (Å²) in [5, 5.41) is 11.3. The lowest BCUT2D eigenvalue weighted by Crippen LogP contribution is -2.41. The molecule has 15 heavy (non-hydrogen) atoms. The molecule has 0 aromatic carbocycles. The molecule has 1 atom stereocenters. The van der Waals surface area contributed by atoms with Gasteiger partial charge in [0.2, 0.25) is 5.91 Å². The number of hydrogen-bond acceptors (Lipinski definition) is 3. The first kappa shape index (κ1) is 11.6. The average Bonchev–Trinajstić information content (AvgIpc) is 2.49. The third-order valence-corrected chi connectivity index (χ3v) is 1.91. The van der Waals surface area contributed by atoms with Gasteiger partial charge in [0.05, 0.1) is 0 Å². The molecule has 6 heteroatoms. The summed E-state index contributed by atoms with van der Waals surface area (Å²) in [5.74, 6) is -1.10. The molecule has 0 spiro atoms. The fourth-order valence-electron chi connectivity index (χ4n) is 1.11. The van der Waals surface area contributed by atoms with Crippen molar-refractivity contribution in [2.45, 2.75) is 19.4 Å². The minimum Gasteiger partial charge on any atom is -0.480 e. The quantitative estimate of drug-likeness (QED) is 0.812. The molecule has 0 aliphatic carbocycles. The molecular formula is C9H10ClNO4. The molecule has 5 nitrogen and oxygen atoms in total. The van der Waals surface area contributed by atoms with Crippen LogP contribution in [0.1, 0.15) is 12.7 Å². The maximum absolute atomic E-state index is 10.8. The Morgan fingerprint density at radius 1 is 1.60 bits per heavy atom. The molecule has 0 radical (unpaired) electrons. The molecule has 1 unspecified atom stereocenters. The molecule has 1 aromatic rings. The number of rotatable bonds is 4. The van der Waals surface area contributed by atoms with Crippen LogP contribution < -0.4 is 5.32 Å². The van der Waals surface area contributed by atoms with E-state index in [2.05, 4.69) is 5.32 Å². The number of carboxylic acids is 1. The molecule has 82 valence electrons. The molecule has 0 bridgehead atoms. The minimum absolute atomic E-state index is 0.0711. The van der Waals surface area contributed by atoms with E-state index in [4.69, 9.17) is 21.1 Å². The fourth-order valence-corrected chi connectivity index (χ4v) is 1.27. The second-order valence-electron chi connectivity index (χ2n) is 3.00. The Labute approximate surface area is 91.0 Å². The second kappa shape index (κ2) is 4.84. The largest absolute Gasteiger partial charge is 0.480 e. The lowest BCUT2D eigenvalue weighted by Gasteiger charge is -2.10. The molecule has 1 amide bonds. The van der Waals surface area contributed by atoms with Crippen LogP contribution in [-0.2, 0) is 16.0 Å². The standard InChI is InChI=1S/C9H10ClNO4/c1-5(12)11-7(9(13)14)4-6-2-3-8(10)15-6/h2-3,7H,4H2,1H3,(H,11,12)(H,13,14). The fraction of sp³-hybridized carbons (Fsp3) is 0.333. The van der Waals surface area contributed by atoms with Crippen molar-refractivity contribution in [1.82, 2.24) is 5.32 Å². The molecule has 1 heterocycles. The highest BCUT2D eigenvalue weighted by Gasteiger charge is 2.20. The number of halogens is 1. The molecule has 1 aromatic heterocycles. The van der Waals surface area contributed by atoms with E-state index in [9.17, 15) is 9.59 Å². The molecular weight excluding hydrogens is 222 g/mol. The van der Waals surface area contributed by atoms with E-state index < -0.39 is 17.9 Å². The number of hydrogen-bond donors (Lipinski definition) is 2. The van der Waals surface area contributed by atoms with Gasteiger partial charge in [-0.25, -0.2) is 4.79 Å². The van der Waals surface area contributed by atoms with Gasteiger partial charge in [-0.15, -0.1) is 0 Å². The normalized spacial score (nSPS) is 12.1. The van der Waals surface area contributed by atoms with E-state index in [1.165, 1.54) is 13.0 Å². The Hall–Kier alpha value is -1.49. The van der Waals surface area contributed by atoms with Crippen LogP contribution in [0.3, 0.4) is 0 Å². The SMILES string of the molecule is CC(=O)NC(Cc1ccc(Cl)o1)C(=O)O. The van der Waals surface area contributed by atoms with Crippen LogP contribution in [0.5, 0.6) is 0 Å². The van der Waals surface area contributed by atoms with Gasteiger partial charge in [-0.3, -0.25) is 4.79 Å². The maximum atomic E-state index is 10.8. The summed E-state index contributed by atoms with van der Waals surface area (Å²) in [6.07, 6.45) is 0.0711. The van der Waals surface area contributed by atoms with E-state index in [0.29, 0.717) is 5.76 Å². The van der Waals surface area contributed by atoms with Crippen LogP contribution in [0.2, 0.25) is 5.22 Å². The second-order valence-corrected chi connectivity index (χ2v) is 3.37. The molecule has 0 fully saturated rings. The first-order chi connectivity index (χ1) is 6.99. The highest BCUT2D eigenvalue weighted by Crippen LogP contribution is 2.14. The van der Waals surface area contributed by atoms with Gasteiger partial charge in [-0.1, -0.05) is 0 Å². The minimum atomic E-state index is -1.11. The van der Waals surface area contributed by atoms with Crippen molar-refractivity contribution >= 4 is 23.5 Å². The topological polar surface area (TPSA) is 79.5 Å². The van der Waals surface area contributed by atoms with Gasteiger partial charge in [0, 0.05) is 13.3 Å². The molecule has 1 rings (SSSR count). The highest BCUT2D eigenvalue weighted by atomic mass is 35.5. The lowest BCUT2D eigenvalue weighted by molar-refractivity contribution is -0.141. The first-order valence-electron chi connectivity index (χ1n) is 4.23. The summed E-state index contributed by atoms with van der Waals surface area (Å²) < 4.78 is 5.00. The van der Waals surface area contributed by atoms with Crippen molar-refractivity contribution in [2.24, 2.45) is 0 Å². The van der Waals surface area contributed by atoms with Gasteiger partial charge in [0.1, 0.15) is 11.8 Å². The van der Waals surface area contributed by atoms with E-state index in [-0.39, 0.29) is 11.6 Å². The maximum Gasteiger partial charge on any atom is 0.326 e. The van der Waals surface area contributed by atoms with Crippen molar-refractivity contribution in [3.63, 3.8) is 0 Å². The van der Waals surface area contributed by atoms with Crippen LogP contribution in [0.15, 0.2) is 16.5 Å². The first-order valence-corrected chi connectivity index (χ1v) is 4.61. The van der Waals surface area contributed by atoms with E-state index >= 15 is 0 Å². The molecule has 2 N–H and O–H groups in total. The smallest absolute Gasteiger partial charge is 0.326 e. The number of carbonyl (C=O) groups excluding carboxylic acids is 1. The zero-order valence-electron chi connectivity index (χ0n) is 7.99. The van der Waals surface area contributed by atoms with Gasteiger partial charge >= 0.3 is 5.97 Å². The van der Waals surface area contributed by atoms with Crippen LogP contribution in [-0.4, -0.2) is 23.0 Å². The summed E-state index contributed by atoms with van der Waals surface area (Å²) in [5.41, 5.74) is 0. The zero-order valence-corrected chi connectivity index (χ0v) is 8.75. The Bertz CT molecular complexity index is 374. The van der Waals surface area contributed by atoms with Crippen LogP contribution >= 0.6 is 11.6 Å². The Morgan fingerprint density at radius 3 is 2.67 bits per heavy atom. The number of carbonyl (C=O) groups is 2. The summed E-state index contributed by atoms with van der Waals surface area (Å²) in [7, 11) is 0. The number of furan rings is 1. The van der Waals surface area contributed by atoms with Gasteiger partial charge in [-0.2, -0.15) is 0 Å². The third kappa shape index (κ3) is 3.63. The molecule has 0 saturated carbocycles. The summed E-state index contributed by atoms with van der Waals surface area (Å²) >= 11 is 5.53. The van der Waals surface area contributed by atoms with Crippen molar-refractivity contribution in [3.8, 4) is 0 Å². The zero-order chi connectivity index (χ0) is 11.4. The van der Waals surface area contributed by atoms with Crippen LogP contribution in [0.4, 0.5) is 0 Å². The monoisotopic (exact) mass is 231 g/mol. The molecule has 0 aliphatic heterocycles. The Kier molecular flexibility index (Phi) is 3.74. The number of amides is 1. The van der Waals surface area contributed by atoms with Gasteiger partial charge in [-0.05, 0) is 23.7 Å². The third-order valence-electron chi connectivity index (χ3n) is 1.71. The van der Waals surface area contributed by atoms with Crippen molar-refractivity contribution in [1.29, 1.82) is 0 Å². The summed E-state index contributed by atoms with van der Waals surface area (Å²) in [6.45, 7) is 1.26. The summed E-state index contributed by atoms with van der Waals surface area (Å²) in [4.78, 5) is 21.5. The molecule has 0 saturated heterocycles. The Balaban J connectivity index is 2.66. The number of carboxylic acid groups (broad SMARTS) is 1. The number of nitrogens with one attached hydrogen (secondary N) is 1. The van der Waals surface area contributed by atoms with Gasteiger partial charge < -0.3 is 14.8 Å². The van der Waals surface area contributed by atoms with Gasteiger partial charge in [0.25, 0.3) is 0 Å². The van der Waals surface area contributed by atoms with E-state index in [1.54, 1.807) is 6.07 Å². The van der Waals surface area contributed by atoms with Crippen molar-refractivity contribution < 1.29 is 19.1 Å². The van der Waals surface area contributed by atoms with Crippen LogP contribution in [0, 0.1) is 0 Å². The predicted molar refractivity (Wildman–Crippen MR) is 52.7 cm³/mol. The van der Waals surface area contributed by atoms with Crippen molar-refractivity contribution in [3.05, 3.63) is 23.1 Å². The van der Waals surface area contributed by atoms with Crippen molar-refractivity contribution in [2.75, 3.05) is 0 Å². The molecule has 0 aliphatic rings.